The first-order valence-corrected chi connectivity index (χ1v) is 5.72. The van der Waals surface area contributed by atoms with E-state index in [1.165, 1.54) is 19.2 Å². The van der Waals surface area contributed by atoms with Gasteiger partial charge in [-0.3, -0.25) is 4.79 Å². The van der Waals surface area contributed by atoms with Crippen molar-refractivity contribution in [3.8, 4) is 6.07 Å². The Balaban J connectivity index is 2.89. The highest BCUT2D eigenvalue weighted by molar-refractivity contribution is 5.72. The quantitative estimate of drug-likeness (QED) is 0.864. The van der Waals surface area contributed by atoms with Crippen molar-refractivity contribution in [2.45, 2.75) is 13.1 Å². The summed E-state index contributed by atoms with van der Waals surface area (Å²) in [4.78, 5) is 11.2. The van der Waals surface area contributed by atoms with Gasteiger partial charge in [0.1, 0.15) is 0 Å². The number of hydrogen-bond acceptors (Lipinski definition) is 4. The van der Waals surface area contributed by atoms with Crippen LogP contribution in [0.5, 0.6) is 0 Å². The molecule has 0 spiro atoms. The van der Waals surface area contributed by atoms with Crippen molar-refractivity contribution in [1.82, 2.24) is 0 Å². The van der Waals surface area contributed by atoms with Crippen LogP contribution in [0.1, 0.15) is 18.1 Å². The van der Waals surface area contributed by atoms with Crippen molar-refractivity contribution in [3.63, 3.8) is 0 Å². The second kappa shape index (κ2) is 6.28. The van der Waals surface area contributed by atoms with Gasteiger partial charge in [-0.25, -0.2) is 0 Å². The lowest BCUT2D eigenvalue weighted by Gasteiger charge is -2.14. The lowest BCUT2D eigenvalue weighted by atomic mass is 10.1. The van der Waals surface area contributed by atoms with Crippen LogP contribution in [0.25, 0.3) is 0 Å². The van der Waals surface area contributed by atoms with Gasteiger partial charge in [-0.05, 0) is 18.2 Å². The summed E-state index contributed by atoms with van der Waals surface area (Å²) >= 11 is 0. The normalized spacial score (nSPS) is 12.4. The van der Waals surface area contributed by atoms with Crippen molar-refractivity contribution in [3.05, 3.63) is 29.3 Å². The highest BCUT2D eigenvalue weighted by atomic mass is 19.4. The van der Waals surface area contributed by atoms with Crippen molar-refractivity contribution in [2.24, 2.45) is 5.92 Å². The van der Waals surface area contributed by atoms with Gasteiger partial charge in [-0.15, -0.1) is 0 Å². The third-order valence-electron chi connectivity index (χ3n) is 2.66. The Morgan fingerprint density at radius 1 is 1.50 bits per heavy atom. The summed E-state index contributed by atoms with van der Waals surface area (Å²) < 4.78 is 42.7. The van der Waals surface area contributed by atoms with Crippen molar-refractivity contribution in [2.75, 3.05) is 19.0 Å². The number of esters is 1. The molecule has 1 aromatic rings. The number of ether oxygens (including phenoxy) is 1. The molecular formula is C13H13F3N2O2. The van der Waals surface area contributed by atoms with Crippen LogP contribution in [0, 0.1) is 17.2 Å². The highest BCUT2D eigenvalue weighted by Gasteiger charge is 2.33. The molecule has 0 aliphatic rings. The molecule has 4 nitrogen and oxygen atoms in total. The van der Waals surface area contributed by atoms with E-state index in [-0.39, 0.29) is 12.2 Å². The second-order valence-electron chi connectivity index (χ2n) is 4.18. The minimum atomic E-state index is -4.60. The van der Waals surface area contributed by atoms with E-state index in [0.29, 0.717) is 0 Å². The number of benzene rings is 1. The predicted molar refractivity (Wildman–Crippen MR) is 65.8 cm³/mol. The van der Waals surface area contributed by atoms with Gasteiger partial charge in [0.2, 0.25) is 0 Å². The van der Waals surface area contributed by atoms with E-state index in [1.807, 2.05) is 0 Å². The Morgan fingerprint density at radius 2 is 2.15 bits per heavy atom. The number of halogens is 3. The first-order valence-electron chi connectivity index (χ1n) is 5.72. The molecule has 0 radical (unpaired) electrons. The van der Waals surface area contributed by atoms with E-state index in [2.05, 4.69) is 10.1 Å². The van der Waals surface area contributed by atoms with Gasteiger partial charge in [-0.2, -0.15) is 18.4 Å². The van der Waals surface area contributed by atoms with Crippen LogP contribution < -0.4 is 5.32 Å². The smallest absolute Gasteiger partial charge is 0.417 e. The number of nitrogens with one attached hydrogen (secondary N) is 1. The van der Waals surface area contributed by atoms with Crippen LogP contribution in [-0.2, 0) is 15.7 Å². The van der Waals surface area contributed by atoms with Crippen LogP contribution in [0.3, 0.4) is 0 Å². The SMILES string of the molecule is COC(=O)C(C)CNc1ccc(C#N)c(C(F)(F)F)c1. The molecule has 0 heterocycles. The van der Waals surface area contributed by atoms with Crippen LogP contribution >= 0.6 is 0 Å². The fourth-order valence-electron chi connectivity index (χ4n) is 1.54. The summed E-state index contributed by atoms with van der Waals surface area (Å²) in [5.41, 5.74) is -1.26. The molecule has 0 bridgehead atoms. The number of carbonyl (C=O) groups is 1. The van der Waals surface area contributed by atoms with Crippen LogP contribution in [0.4, 0.5) is 18.9 Å². The molecule has 0 aliphatic heterocycles. The zero-order valence-electron chi connectivity index (χ0n) is 10.9. The monoisotopic (exact) mass is 286 g/mol. The molecular weight excluding hydrogens is 273 g/mol. The molecule has 1 rings (SSSR count). The third-order valence-corrected chi connectivity index (χ3v) is 2.66. The van der Waals surface area contributed by atoms with E-state index in [4.69, 9.17) is 5.26 Å². The van der Waals surface area contributed by atoms with Crippen LogP contribution in [0.2, 0.25) is 0 Å². The zero-order valence-corrected chi connectivity index (χ0v) is 10.9. The van der Waals surface area contributed by atoms with Gasteiger partial charge in [0.05, 0.1) is 30.2 Å². The Hall–Kier alpha value is -2.23. The Kier molecular flexibility index (Phi) is 4.97. The zero-order chi connectivity index (χ0) is 15.3. The van der Waals surface area contributed by atoms with E-state index < -0.39 is 29.2 Å². The average Bonchev–Trinajstić information content (AvgIpc) is 2.42. The minimum Gasteiger partial charge on any atom is -0.469 e. The van der Waals surface area contributed by atoms with Gasteiger partial charge < -0.3 is 10.1 Å². The summed E-state index contributed by atoms with van der Waals surface area (Å²) in [6.07, 6.45) is -4.60. The van der Waals surface area contributed by atoms with Crippen LogP contribution in [-0.4, -0.2) is 19.6 Å². The van der Waals surface area contributed by atoms with E-state index in [1.54, 1.807) is 6.92 Å². The molecule has 0 saturated carbocycles. The first kappa shape index (κ1) is 15.8. The molecule has 7 heteroatoms. The number of carbonyl (C=O) groups excluding carboxylic acids is 1. The largest absolute Gasteiger partial charge is 0.469 e. The van der Waals surface area contributed by atoms with Crippen molar-refractivity contribution in [1.29, 1.82) is 5.26 Å². The average molecular weight is 286 g/mol. The summed E-state index contributed by atoms with van der Waals surface area (Å²) in [6, 6.07) is 4.80. The third kappa shape index (κ3) is 3.88. The molecule has 20 heavy (non-hydrogen) atoms. The molecule has 0 amide bonds. The Morgan fingerprint density at radius 3 is 2.65 bits per heavy atom. The molecule has 0 aliphatic carbocycles. The first-order chi connectivity index (χ1) is 9.29. The molecule has 108 valence electrons. The van der Waals surface area contributed by atoms with E-state index >= 15 is 0 Å². The Bertz CT molecular complexity index is 535. The number of nitrogens with zero attached hydrogens (tertiary/aromatic N) is 1. The standard InChI is InChI=1S/C13H13F3N2O2/c1-8(12(19)20-2)7-18-10-4-3-9(6-17)11(5-10)13(14,15)16/h3-5,8,18H,7H2,1-2H3. The summed E-state index contributed by atoms with van der Waals surface area (Å²) in [5.74, 6) is -0.952. The molecule has 1 unspecified atom stereocenters. The Labute approximate surface area is 114 Å². The maximum Gasteiger partial charge on any atom is 0.417 e. The minimum absolute atomic E-state index is 0.135. The number of hydrogen-bond donors (Lipinski definition) is 1. The van der Waals surface area contributed by atoms with Gasteiger partial charge in [0.25, 0.3) is 0 Å². The lowest BCUT2D eigenvalue weighted by Crippen LogP contribution is -2.21. The number of nitriles is 1. The van der Waals surface area contributed by atoms with Gasteiger partial charge in [0, 0.05) is 12.2 Å². The summed E-state index contributed by atoms with van der Waals surface area (Å²) in [6.45, 7) is 1.73. The molecule has 0 fully saturated rings. The maximum atomic E-state index is 12.7. The molecule has 0 aromatic heterocycles. The molecule has 1 atom stereocenters. The van der Waals surface area contributed by atoms with Crippen LogP contribution in [0.15, 0.2) is 18.2 Å². The fourth-order valence-corrected chi connectivity index (χ4v) is 1.54. The van der Waals surface area contributed by atoms with Crippen molar-refractivity contribution >= 4 is 11.7 Å². The van der Waals surface area contributed by atoms with Crippen molar-refractivity contribution < 1.29 is 22.7 Å². The number of rotatable bonds is 4. The topological polar surface area (TPSA) is 62.1 Å². The molecule has 1 N–H and O–H groups in total. The summed E-state index contributed by atoms with van der Waals surface area (Å²) in [5, 5.41) is 11.4. The predicted octanol–water partition coefficient (Wildman–Crippen LogP) is 2.80. The molecule has 0 saturated heterocycles. The summed E-state index contributed by atoms with van der Waals surface area (Å²) in [7, 11) is 1.24. The highest BCUT2D eigenvalue weighted by Crippen LogP contribution is 2.33. The number of methoxy groups -OCH3 is 1. The van der Waals surface area contributed by atoms with Gasteiger partial charge >= 0.3 is 12.1 Å². The number of alkyl halides is 3. The molecule has 1 aromatic carbocycles. The maximum absolute atomic E-state index is 12.7. The van der Waals surface area contributed by atoms with E-state index in [0.717, 1.165) is 12.1 Å². The number of anilines is 1. The lowest BCUT2D eigenvalue weighted by molar-refractivity contribution is -0.144. The second-order valence-corrected chi connectivity index (χ2v) is 4.18. The fraction of sp³-hybridized carbons (Fsp3) is 0.385. The van der Waals surface area contributed by atoms with Gasteiger partial charge in [0.15, 0.2) is 0 Å². The van der Waals surface area contributed by atoms with Gasteiger partial charge in [-0.1, -0.05) is 6.92 Å². The van der Waals surface area contributed by atoms with E-state index in [9.17, 15) is 18.0 Å².